The number of unbranched alkanes of at least 4 members (excludes halogenated alkanes) is 4. The van der Waals surface area contributed by atoms with Crippen molar-refractivity contribution in [2.24, 2.45) is 5.73 Å². The first-order valence-electron chi connectivity index (χ1n) is 11.9. The van der Waals surface area contributed by atoms with Crippen LogP contribution in [0.1, 0.15) is 50.2 Å². The third-order valence-corrected chi connectivity index (χ3v) is 6.37. The predicted octanol–water partition coefficient (Wildman–Crippen LogP) is 8.42. The van der Waals surface area contributed by atoms with Crippen LogP contribution in [-0.4, -0.2) is 0 Å². The van der Waals surface area contributed by atoms with Crippen molar-refractivity contribution in [3.05, 3.63) is 95.6 Å². The molecule has 4 aromatic carbocycles. The maximum Gasteiger partial charge on any atom is 0.138 e. The van der Waals surface area contributed by atoms with Crippen LogP contribution in [0.4, 0.5) is 8.78 Å². The van der Waals surface area contributed by atoms with Gasteiger partial charge in [-0.25, -0.2) is 8.78 Å². The van der Waals surface area contributed by atoms with Crippen molar-refractivity contribution in [1.82, 2.24) is 0 Å². The summed E-state index contributed by atoms with van der Waals surface area (Å²) in [4.78, 5) is 0. The number of hydrogen-bond donors (Lipinski definition) is 1. The van der Waals surface area contributed by atoms with Gasteiger partial charge in [0.15, 0.2) is 0 Å². The second-order valence-corrected chi connectivity index (χ2v) is 8.74. The summed E-state index contributed by atoms with van der Waals surface area (Å²) in [6.07, 6.45) is 7.21. The van der Waals surface area contributed by atoms with E-state index in [4.69, 9.17) is 5.73 Å². The van der Waals surface area contributed by atoms with Crippen LogP contribution in [0, 0.1) is 11.6 Å². The van der Waals surface area contributed by atoms with Gasteiger partial charge < -0.3 is 5.73 Å². The number of fused-ring (bicyclic) bond motifs is 1. The summed E-state index contributed by atoms with van der Waals surface area (Å²) in [5, 5.41) is 1.46. The average Bonchev–Trinajstić information content (AvgIpc) is 2.84. The van der Waals surface area contributed by atoms with Gasteiger partial charge >= 0.3 is 0 Å². The molecule has 0 unspecified atom stereocenters. The number of aryl methyl sites for hydroxylation is 1. The summed E-state index contributed by atoms with van der Waals surface area (Å²) in [6, 6.07) is 22.1. The van der Waals surface area contributed by atoms with Crippen molar-refractivity contribution in [2.45, 2.75) is 52.0 Å². The van der Waals surface area contributed by atoms with Gasteiger partial charge in [0.1, 0.15) is 11.6 Å². The second-order valence-electron chi connectivity index (χ2n) is 8.74. The maximum absolute atomic E-state index is 15.4. The molecule has 4 aromatic rings. The first-order chi connectivity index (χ1) is 16.1. The lowest BCUT2D eigenvalue weighted by molar-refractivity contribution is 0.630. The van der Waals surface area contributed by atoms with Crippen molar-refractivity contribution in [1.29, 1.82) is 0 Å². The second kappa shape index (κ2) is 10.7. The molecule has 0 radical (unpaired) electrons. The molecule has 0 spiro atoms. The first-order valence-corrected chi connectivity index (χ1v) is 11.9. The third-order valence-electron chi connectivity index (χ3n) is 6.37. The molecule has 4 rings (SSSR count). The van der Waals surface area contributed by atoms with Crippen molar-refractivity contribution in [3.8, 4) is 22.3 Å². The van der Waals surface area contributed by atoms with Crippen molar-refractivity contribution < 1.29 is 8.78 Å². The van der Waals surface area contributed by atoms with E-state index < -0.39 is 0 Å². The van der Waals surface area contributed by atoms with Gasteiger partial charge in [-0.05, 0) is 46.5 Å². The molecule has 0 aliphatic rings. The molecule has 0 saturated heterocycles. The Bertz CT molecular complexity index is 1230. The molecule has 3 heteroatoms. The highest BCUT2D eigenvalue weighted by atomic mass is 19.1. The van der Waals surface area contributed by atoms with E-state index >= 15 is 4.39 Å². The summed E-state index contributed by atoms with van der Waals surface area (Å²) in [7, 11) is 0. The fourth-order valence-electron chi connectivity index (χ4n) is 4.39. The number of rotatable bonds is 9. The highest BCUT2D eigenvalue weighted by Crippen LogP contribution is 2.33. The lowest BCUT2D eigenvalue weighted by atomic mass is 9.95. The Labute approximate surface area is 195 Å². The quantitative estimate of drug-likeness (QED) is 0.258. The van der Waals surface area contributed by atoms with E-state index in [2.05, 4.69) is 13.0 Å². The molecule has 2 N–H and O–H groups in total. The Hall–Kier alpha value is -3.04. The van der Waals surface area contributed by atoms with Crippen LogP contribution < -0.4 is 5.73 Å². The standard InChI is InChI=1S/C30H31F2N/c1-2-3-4-5-6-7-21-10-15-27-24(18-21)14-17-28(30(27)32)25-13-16-26(29(31)19-25)23-11-8-22(20-33)9-12-23/h8-19H,2-7,20,33H2,1H3. The van der Waals surface area contributed by atoms with E-state index in [-0.39, 0.29) is 11.6 Å². The van der Waals surface area contributed by atoms with Gasteiger partial charge in [-0.15, -0.1) is 0 Å². The van der Waals surface area contributed by atoms with Crippen LogP contribution in [-0.2, 0) is 13.0 Å². The SMILES string of the molecule is CCCCCCCc1ccc2c(F)c(-c3ccc(-c4ccc(CN)cc4)c(F)c3)ccc2c1. The molecule has 0 aliphatic carbocycles. The van der Waals surface area contributed by atoms with E-state index in [0.29, 0.717) is 28.6 Å². The minimum atomic E-state index is -0.370. The molecule has 0 aliphatic heterocycles. The normalized spacial score (nSPS) is 11.3. The topological polar surface area (TPSA) is 26.0 Å². The zero-order valence-corrected chi connectivity index (χ0v) is 19.2. The zero-order chi connectivity index (χ0) is 23.2. The smallest absolute Gasteiger partial charge is 0.138 e. The van der Waals surface area contributed by atoms with Crippen molar-refractivity contribution in [3.63, 3.8) is 0 Å². The van der Waals surface area contributed by atoms with E-state index in [1.54, 1.807) is 18.2 Å². The monoisotopic (exact) mass is 443 g/mol. The molecule has 1 nitrogen and oxygen atoms in total. The summed E-state index contributed by atoms with van der Waals surface area (Å²) < 4.78 is 30.3. The lowest BCUT2D eigenvalue weighted by Crippen LogP contribution is -1.95. The van der Waals surface area contributed by atoms with E-state index in [1.165, 1.54) is 37.3 Å². The fraction of sp³-hybridized carbons (Fsp3) is 0.267. The molecule has 0 bridgehead atoms. The number of halogens is 2. The summed E-state index contributed by atoms with van der Waals surface area (Å²) in [6.45, 7) is 2.67. The Balaban J connectivity index is 1.56. The predicted molar refractivity (Wildman–Crippen MR) is 135 cm³/mol. The molecular formula is C30H31F2N. The zero-order valence-electron chi connectivity index (χ0n) is 19.2. The summed E-state index contributed by atoms with van der Waals surface area (Å²) in [5.41, 5.74) is 10.1. The Morgan fingerprint density at radius 2 is 1.36 bits per heavy atom. The van der Waals surface area contributed by atoms with Gasteiger partial charge in [-0.2, -0.15) is 0 Å². The minimum absolute atomic E-state index is 0.304. The molecule has 0 fully saturated rings. The summed E-state index contributed by atoms with van der Waals surface area (Å²) in [5.74, 6) is -0.674. The van der Waals surface area contributed by atoms with Crippen LogP contribution >= 0.6 is 0 Å². The van der Waals surface area contributed by atoms with Gasteiger partial charge in [-0.3, -0.25) is 0 Å². The van der Waals surface area contributed by atoms with E-state index in [1.807, 2.05) is 42.5 Å². The molecule has 0 aromatic heterocycles. The Morgan fingerprint density at radius 1 is 0.667 bits per heavy atom. The van der Waals surface area contributed by atoms with Crippen LogP contribution in [0.2, 0.25) is 0 Å². The van der Waals surface area contributed by atoms with Gasteiger partial charge in [0.2, 0.25) is 0 Å². The van der Waals surface area contributed by atoms with E-state index in [9.17, 15) is 4.39 Å². The Morgan fingerprint density at radius 3 is 2.09 bits per heavy atom. The highest BCUT2D eigenvalue weighted by molar-refractivity contribution is 5.89. The third kappa shape index (κ3) is 5.31. The molecule has 33 heavy (non-hydrogen) atoms. The number of benzene rings is 4. The van der Waals surface area contributed by atoms with Crippen molar-refractivity contribution >= 4 is 10.8 Å². The van der Waals surface area contributed by atoms with Gasteiger partial charge in [0.05, 0.1) is 0 Å². The summed E-state index contributed by atoms with van der Waals surface area (Å²) >= 11 is 0. The van der Waals surface area contributed by atoms with Gasteiger partial charge in [0.25, 0.3) is 0 Å². The first kappa shape index (κ1) is 23.1. The largest absolute Gasteiger partial charge is 0.326 e. The van der Waals surface area contributed by atoms with Crippen LogP contribution in [0.3, 0.4) is 0 Å². The molecule has 0 amide bonds. The van der Waals surface area contributed by atoms with Crippen LogP contribution in [0.5, 0.6) is 0 Å². The minimum Gasteiger partial charge on any atom is -0.326 e. The highest BCUT2D eigenvalue weighted by Gasteiger charge is 2.13. The molecule has 0 heterocycles. The van der Waals surface area contributed by atoms with Gasteiger partial charge in [-0.1, -0.05) is 99.3 Å². The van der Waals surface area contributed by atoms with E-state index in [0.717, 1.165) is 29.4 Å². The molecular weight excluding hydrogens is 412 g/mol. The molecule has 0 atom stereocenters. The van der Waals surface area contributed by atoms with Crippen LogP contribution in [0.25, 0.3) is 33.0 Å². The lowest BCUT2D eigenvalue weighted by Gasteiger charge is -2.11. The fourth-order valence-corrected chi connectivity index (χ4v) is 4.39. The molecule has 0 saturated carbocycles. The van der Waals surface area contributed by atoms with Crippen molar-refractivity contribution in [2.75, 3.05) is 0 Å². The number of nitrogens with two attached hydrogens (primary N) is 1. The van der Waals surface area contributed by atoms with Crippen LogP contribution in [0.15, 0.2) is 72.8 Å². The number of hydrogen-bond acceptors (Lipinski definition) is 1. The van der Waals surface area contributed by atoms with Gasteiger partial charge in [0, 0.05) is 23.1 Å². The average molecular weight is 444 g/mol. The maximum atomic E-state index is 15.4. The Kier molecular flexibility index (Phi) is 7.51. The molecule has 170 valence electrons.